The van der Waals surface area contributed by atoms with Gasteiger partial charge in [-0.1, -0.05) is 32.8 Å². The zero-order chi connectivity index (χ0) is 14.4. The molecule has 1 fully saturated rings. The van der Waals surface area contributed by atoms with Crippen molar-refractivity contribution in [3.63, 3.8) is 0 Å². The van der Waals surface area contributed by atoms with E-state index in [0.717, 1.165) is 6.42 Å². The molecule has 108 valence electrons. The van der Waals surface area contributed by atoms with E-state index in [4.69, 9.17) is 4.74 Å². The number of hydrogen-bond donors (Lipinski definition) is 0. The maximum atomic E-state index is 11.3. The summed E-state index contributed by atoms with van der Waals surface area (Å²) < 4.78 is 5.56. The highest BCUT2D eigenvalue weighted by Crippen LogP contribution is 2.59. The van der Waals surface area contributed by atoms with E-state index in [-0.39, 0.29) is 12.1 Å². The van der Waals surface area contributed by atoms with Gasteiger partial charge in [-0.25, -0.2) is 0 Å². The molecule has 0 aliphatic heterocycles. The molecule has 0 amide bonds. The second-order valence-electron chi connectivity index (χ2n) is 7.45. The molecule has 2 rings (SSSR count). The lowest BCUT2D eigenvalue weighted by atomic mass is 9.50. The van der Waals surface area contributed by atoms with E-state index in [1.54, 1.807) is 0 Å². The monoisotopic (exact) mass is 264 g/mol. The minimum atomic E-state index is -0.158. The van der Waals surface area contributed by atoms with Crippen molar-refractivity contribution in [3.05, 3.63) is 11.1 Å². The van der Waals surface area contributed by atoms with Crippen LogP contribution in [0.5, 0.6) is 0 Å². The second-order valence-corrected chi connectivity index (χ2v) is 7.45. The summed E-state index contributed by atoms with van der Waals surface area (Å²) in [6.07, 6.45) is 4.85. The Balaban J connectivity index is 2.41. The van der Waals surface area contributed by atoms with Crippen molar-refractivity contribution in [3.8, 4) is 0 Å². The Bertz CT molecular complexity index is 419. The first-order valence-corrected chi connectivity index (χ1v) is 7.53. The van der Waals surface area contributed by atoms with Crippen LogP contribution in [-0.4, -0.2) is 12.1 Å². The van der Waals surface area contributed by atoms with Gasteiger partial charge in [0.05, 0.1) is 0 Å². The topological polar surface area (TPSA) is 26.3 Å². The molecule has 0 aromatic carbocycles. The van der Waals surface area contributed by atoms with Gasteiger partial charge in [0.25, 0.3) is 0 Å². The molecule has 3 atom stereocenters. The first kappa shape index (κ1) is 14.6. The molecule has 0 N–H and O–H groups in total. The molecule has 0 unspecified atom stereocenters. The number of rotatable bonds is 1. The number of carbonyl (C=O) groups is 1. The minimum absolute atomic E-state index is 0.00653. The van der Waals surface area contributed by atoms with Gasteiger partial charge in [0.1, 0.15) is 6.10 Å². The van der Waals surface area contributed by atoms with E-state index in [0.29, 0.717) is 16.7 Å². The van der Waals surface area contributed by atoms with Crippen LogP contribution in [-0.2, 0) is 9.53 Å². The summed E-state index contributed by atoms with van der Waals surface area (Å²) in [4.78, 5) is 11.3. The minimum Gasteiger partial charge on any atom is -0.458 e. The van der Waals surface area contributed by atoms with E-state index in [9.17, 15) is 4.79 Å². The van der Waals surface area contributed by atoms with Crippen molar-refractivity contribution in [1.82, 2.24) is 0 Å². The van der Waals surface area contributed by atoms with E-state index in [1.165, 1.54) is 37.3 Å². The fourth-order valence-electron chi connectivity index (χ4n) is 4.57. The van der Waals surface area contributed by atoms with E-state index < -0.39 is 0 Å². The van der Waals surface area contributed by atoms with Crippen molar-refractivity contribution in [2.24, 2.45) is 16.7 Å². The first-order valence-electron chi connectivity index (χ1n) is 7.53. The summed E-state index contributed by atoms with van der Waals surface area (Å²) in [7, 11) is 0. The number of allylic oxidation sites excluding steroid dienone is 1. The average Bonchev–Trinajstić information content (AvgIpc) is 2.28. The van der Waals surface area contributed by atoms with Crippen LogP contribution in [0.1, 0.15) is 67.2 Å². The van der Waals surface area contributed by atoms with Crippen molar-refractivity contribution < 1.29 is 9.53 Å². The Labute approximate surface area is 117 Å². The summed E-state index contributed by atoms with van der Waals surface area (Å²) in [6, 6.07) is 0. The zero-order valence-corrected chi connectivity index (χ0v) is 13.3. The molecule has 0 aromatic heterocycles. The molecular formula is C17H28O2. The average molecular weight is 264 g/mol. The van der Waals surface area contributed by atoms with Crippen LogP contribution in [0.3, 0.4) is 0 Å². The highest BCUT2D eigenvalue weighted by atomic mass is 16.5. The summed E-state index contributed by atoms with van der Waals surface area (Å²) in [6.45, 7) is 13.1. The molecule has 0 aromatic rings. The van der Waals surface area contributed by atoms with Crippen molar-refractivity contribution in [2.45, 2.75) is 73.3 Å². The standard InChI is InChI=1S/C17H28O2/c1-11-12(2)17(6)9-7-8-16(4,5)15(17)10-14(11)19-13(3)18/h14-15H,7-10H2,1-6H3/t14-,15-,17+/m0/s1. The number of esters is 1. The van der Waals surface area contributed by atoms with Gasteiger partial charge < -0.3 is 4.74 Å². The molecule has 0 bridgehead atoms. The number of fused-ring (bicyclic) bond motifs is 1. The quantitative estimate of drug-likeness (QED) is 0.515. The molecular weight excluding hydrogens is 236 g/mol. The van der Waals surface area contributed by atoms with E-state index in [2.05, 4.69) is 34.6 Å². The Morgan fingerprint density at radius 2 is 1.84 bits per heavy atom. The van der Waals surface area contributed by atoms with Gasteiger partial charge in [-0.2, -0.15) is 0 Å². The lowest BCUT2D eigenvalue weighted by Crippen LogP contribution is -2.48. The highest BCUT2D eigenvalue weighted by Gasteiger charge is 2.51. The normalized spacial score (nSPS) is 37.8. The Kier molecular flexibility index (Phi) is 3.57. The van der Waals surface area contributed by atoms with Gasteiger partial charge in [-0.3, -0.25) is 4.79 Å². The van der Waals surface area contributed by atoms with Crippen LogP contribution in [0.2, 0.25) is 0 Å². The van der Waals surface area contributed by atoms with Crippen LogP contribution in [0, 0.1) is 16.7 Å². The van der Waals surface area contributed by atoms with Crippen LogP contribution in [0.25, 0.3) is 0 Å². The maximum Gasteiger partial charge on any atom is 0.303 e. The Morgan fingerprint density at radius 1 is 1.21 bits per heavy atom. The largest absolute Gasteiger partial charge is 0.458 e. The predicted octanol–water partition coefficient (Wildman–Crippen LogP) is 4.49. The molecule has 0 radical (unpaired) electrons. The van der Waals surface area contributed by atoms with Crippen LogP contribution in [0.15, 0.2) is 11.1 Å². The molecule has 2 aliphatic carbocycles. The number of hydrogen-bond acceptors (Lipinski definition) is 2. The fraction of sp³-hybridized carbons (Fsp3) is 0.824. The van der Waals surface area contributed by atoms with E-state index in [1.807, 2.05) is 0 Å². The SMILES string of the molecule is CC(=O)O[C@H]1C[C@H]2C(C)(C)CCC[C@]2(C)C(C)=C1C. The highest BCUT2D eigenvalue weighted by molar-refractivity contribution is 5.66. The van der Waals surface area contributed by atoms with E-state index >= 15 is 0 Å². The predicted molar refractivity (Wildman–Crippen MR) is 77.8 cm³/mol. The van der Waals surface area contributed by atoms with Gasteiger partial charge in [-0.05, 0) is 55.4 Å². The molecule has 0 heterocycles. The molecule has 19 heavy (non-hydrogen) atoms. The lowest BCUT2D eigenvalue weighted by Gasteiger charge is -2.55. The number of ether oxygens (including phenoxy) is 1. The fourth-order valence-corrected chi connectivity index (χ4v) is 4.57. The van der Waals surface area contributed by atoms with Crippen LogP contribution >= 0.6 is 0 Å². The van der Waals surface area contributed by atoms with Gasteiger partial charge in [0.15, 0.2) is 0 Å². The molecule has 0 spiro atoms. The number of carbonyl (C=O) groups excluding carboxylic acids is 1. The Morgan fingerprint density at radius 3 is 2.42 bits per heavy atom. The summed E-state index contributed by atoms with van der Waals surface area (Å²) >= 11 is 0. The Hall–Kier alpha value is -0.790. The van der Waals surface area contributed by atoms with Gasteiger partial charge in [0, 0.05) is 6.92 Å². The summed E-state index contributed by atoms with van der Waals surface area (Å²) in [5.74, 6) is 0.455. The van der Waals surface area contributed by atoms with Crippen LogP contribution in [0.4, 0.5) is 0 Å². The zero-order valence-electron chi connectivity index (χ0n) is 13.3. The molecule has 1 saturated carbocycles. The lowest BCUT2D eigenvalue weighted by molar-refractivity contribution is -0.148. The van der Waals surface area contributed by atoms with Crippen molar-refractivity contribution in [2.75, 3.05) is 0 Å². The summed E-state index contributed by atoms with van der Waals surface area (Å²) in [5.41, 5.74) is 3.38. The van der Waals surface area contributed by atoms with Crippen LogP contribution < -0.4 is 0 Å². The molecule has 2 heteroatoms. The van der Waals surface area contributed by atoms with Gasteiger partial charge in [0.2, 0.25) is 0 Å². The first-order chi connectivity index (χ1) is 8.68. The third-order valence-electron chi connectivity index (χ3n) is 5.92. The van der Waals surface area contributed by atoms with Gasteiger partial charge >= 0.3 is 5.97 Å². The maximum absolute atomic E-state index is 11.3. The van der Waals surface area contributed by atoms with Crippen molar-refractivity contribution >= 4 is 5.97 Å². The van der Waals surface area contributed by atoms with Gasteiger partial charge in [-0.15, -0.1) is 0 Å². The van der Waals surface area contributed by atoms with Crippen molar-refractivity contribution in [1.29, 1.82) is 0 Å². The smallest absolute Gasteiger partial charge is 0.303 e. The molecule has 2 nitrogen and oxygen atoms in total. The summed E-state index contributed by atoms with van der Waals surface area (Å²) in [5, 5.41) is 0. The second kappa shape index (κ2) is 4.64. The molecule has 2 aliphatic rings. The third-order valence-corrected chi connectivity index (χ3v) is 5.92. The third kappa shape index (κ3) is 2.34. The molecule has 0 saturated heterocycles.